The summed E-state index contributed by atoms with van der Waals surface area (Å²) in [7, 11) is 0. The molecule has 0 bridgehead atoms. The van der Waals surface area contributed by atoms with Crippen LogP contribution in [-0.2, 0) is 11.2 Å². The van der Waals surface area contributed by atoms with Gasteiger partial charge < -0.3 is 4.74 Å². The van der Waals surface area contributed by atoms with Crippen molar-refractivity contribution in [3.05, 3.63) is 17.0 Å². The third-order valence-electron chi connectivity index (χ3n) is 3.20. The highest BCUT2D eigenvalue weighted by atomic mass is 16.5. The van der Waals surface area contributed by atoms with Gasteiger partial charge in [0.15, 0.2) is 0 Å². The standard InChI is InChI=1S/C13H19N3O/c1-9(2)7-12-11(8-14)13(16-15-12)10-3-5-17-6-4-10/h9-10H,3-7H2,1-2H3,(H,15,16). The van der Waals surface area contributed by atoms with Gasteiger partial charge >= 0.3 is 0 Å². The molecule has 1 aliphatic heterocycles. The first-order valence-corrected chi connectivity index (χ1v) is 6.27. The molecular weight excluding hydrogens is 214 g/mol. The lowest BCUT2D eigenvalue weighted by molar-refractivity contribution is 0.0844. The van der Waals surface area contributed by atoms with Crippen molar-refractivity contribution in [2.75, 3.05) is 13.2 Å². The van der Waals surface area contributed by atoms with Crippen molar-refractivity contribution in [2.45, 2.75) is 39.0 Å². The molecule has 4 heteroatoms. The van der Waals surface area contributed by atoms with Crippen LogP contribution in [0.3, 0.4) is 0 Å². The Morgan fingerprint density at radius 3 is 2.76 bits per heavy atom. The van der Waals surface area contributed by atoms with Gasteiger partial charge in [0.05, 0.1) is 17.0 Å². The Morgan fingerprint density at radius 1 is 1.47 bits per heavy atom. The molecule has 0 saturated carbocycles. The number of nitrogens with zero attached hydrogens (tertiary/aromatic N) is 2. The van der Waals surface area contributed by atoms with Gasteiger partial charge in [-0.15, -0.1) is 0 Å². The second-order valence-corrected chi connectivity index (χ2v) is 5.06. The minimum atomic E-state index is 0.385. The third kappa shape index (κ3) is 2.67. The fraction of sp³-hybridized carbons (Fsp3) is 0.692. The van der Waals surface area contributed by atoms with Gasteiger partial charge in [0.2, 0.25) is 0 Å². The third-order valence-corrected chi connectivity index (χ3v) is 3.20. The molecule has 0 radical (unpaired) electrons. The van der Waals surface area contributed by atoms with Crippen LogP contribution >= 0.6 is 0 Å². The number of rotatable bonds is 3. The smallest absolute Gasteiger partial charge is 0.103 e. The molecule has 1 fully saturated rings. The Balaban J connectivity index is 2.22. The molecule has 0 spiro atoms. The van der Waals surface area contributed by atoms with Crippen molar-refractivity contribution in [3.8, 4) is 6.07 Å². The fourth-order valence-electron chi connectivity index (χ4n) is 2.34. The molecule has 1 aromatic heterocycles. The number of hydrogen-bond donors (Lipinski definition) is 1. The maximum atomic E-state index is 9.29. The molecule has 0 aliphatic carbocycles. The van der Waals surface area contributed by atoms with Crippen LogP contribution in [0.4, 0.5) is 0 Å². The SMILES string of the molecule is CC(C)Cc1[nH]nc(C2CCOCC2)c1C#N. The van der Waals surface area contributed by atoms with Crippen molar-refractivity contribution in [1.82, 2.24) is 10.2 Å². The van der Waals surface area contributed by atoms with Crippen molar-refractivity contribution < 1.29 is 4.74 Å². The molecule has 0 unspecified atom stereocenters. The second-order valence-electron chi connectivity index (χ2n) is 5.06. The zero-order valence-electron chi connectivity index (χ0n) is 10.5. The summed E-state index contributed by atoms with van der Waals surface area (Å²) in [6.07, 6.45) is 2.83. The highest BCUT2D eigenvalue weighted by molar-refractivity contribution is 5.39. The minimum Gasteiger partial charge on any atom is -0.381 e. The summed E-state index contributed by atoms with van der Waals surface area (Å²) in [5.41, 5.74) is 2.71. The Hall–Kier alpha value is -1.34. The summed E-state index contributed by atoms with van der Waals surface area (Å²) >= 11 is 0. The lowest BCUT2D eigenvalue weighted by atomic mass is 9.92. The molecule has 4 nitrogen and oxygen atoms in total. The topological polar surface area (TPSA) is 61.7 Å². The summed E-state index contributed by atoms with van der Waals surface area (Å²) in [5, 5.41) is 16.7. The van der Waals surface area contributed by atoms with E-state index in [4.69, 9.17) is 4.74 Å². The van der Waals surface area contributed by atoms with E-state index in [2.05, 4.69) is 30.1 Å². The fourth-order valence-corrected chi connectivity index (χ4v) is 2.34. The van der Waals surface area contributed by atoms with E-state index in [0.29, 0.717) is 11.8 Å². The van der Waals surface area contributed by atoms with Crippen LogP contribution in [0.1, 0.15) is 49.6 Å². The lowest BCUT2D eigenvalue weighted by Gasteiger charge is -2.20. The van der Waals surface area contributed by atoms with Gasteiger partial charge in [-0.1, -0.05) is 13.8 Å². The van der Waals surface area contributed by atoms with Crippen molar-refractivity contribution in [3.63, 3.8) is 0 Å². The molecule has 0 amide bonds. The summed E-state index contributed by atoms with van der Waals surface area (Å²) in [6.45, 7) is 5.86. The zero-order chi connectivity index (χ0) is 12.3. The molecule has 92 valence electrons. The van der Waals surface area contributed by atoms with Gasteiger partial charge in [0, 0.05) is 19.1 Å². The molecule has 1 N–H and O–H groups in total. The molecular formula is C13H19N3O. The van der Waals surface area contributed by atoms with Crippen LogP contribution < -0.4 is 0 Å². The Bertz CT molecular complexity index is 411. The number of H-pyrrole nitrogens is 1. The summed E-state index contributed by atoms with van der Waals surface area (Å²) in [6, 6.07) is 2.31. The van der Waals surface area contributed by atoms with E-state index in [1.54, 1.807) is 0 Å². The quantitative estimate of drug-likeness (QED) is 0.871. The van der Waals surface area contributed by atoms with E-state index in [0.717, 1.165) is 49.4 Å². The normalized spacial score (nSPS) is 17.3. The zero-order valence-corrected chi connectivity index (χ0v) is 10.5. The predicted molar refractivity (Wildman–Crippen MR) is 64.6 cm³/mol. The average molecular weight is 233 g/mol. The summed E-state index contributed by atoms with van der Waals surface area (Å²) in [4.78, 5) is 0. The molecule has 1 saturated heterocycles. The van der Waals surface area contributed by atoms with E-state index in [1.165, 1.54) is 0 Å². The second kappa shape index (κ2) is 5.33. The highest BCUT2D eigenvalue weighted by Gasteiger charge is 2.23. The van der Waals surface area contributed by atoms with Gasteiger partial charge in [-0.3, -0.25) is 5.10 Å². The molecule has 1 aromatic rings. The van der Waals surface area contributed by atoms with Crippen LogP contribution in [-0.4, -0.2) is 23.4 Å². The van der Waals surface area contributed by atoms with Gasteiger partial charge in [-0.2, -0.15) is 10.4 Å². The lowest BCUT2D eigenvalue weighted by Crippen LogP contribution is -2.15. The highest BCUT2D eigenvalue weighted by Crippen LogP contribution is 2.29. The van der Waals surface area contributed by atoms with E-state index in [-0.39, 0.29) is 0 Å². The van der Waals surface area contributed by atoms with Crippen LogP contribution in [0.2, 0.25) is 0 Å². The Labute approximate surface area is 102 Å². The van der Waals surface area contributed by atoms with Crippen molar-refractivity contribution in [2.24, 2.45) is 5.92 Å². The van der Waals surface area contributed by atoms with Crippen molar-refractivity contribution in [1.29, 1.82) is 5.26 Å². The predicted octanol–water partition coefficient (Wildman–Crippen LogP) is 2.37. The van der Waals surface area contributed by atoms with Gasteiger partial charge in [-0.25, -0.2) is 0 Å². The van der Waals surface area contributed by atoms with Crippen LogP contribution in [0.25, 0.3) is 0 Å². The van der Waals surface area contributed by atoms with Gasteiger partial charge in [0.25, 0.3) is 0 Å². The Kier molecular flexibility index (Phi) is 3.80. The largest absolute Gasteiger partial charge is 0.381 e. The molecule has 2 heterocycles. The molecule has 17 heavy (non-hydrogen) atoms. The maximum absolute atomic E-state index is 9.29. The number of hydrogen-bond acceptors (Lipinski definition) is 3. The van der Waals surface area contributed by atoms with E-state index in [1.807, 2.05) is 0 Å². The molecule has 1 aliphatic rings. The van der Waals surface area contributed by atoms with Crippen LogP contribution in [0.5, 0.6) is 0 Å². The first-order chi connectivity index (χ1) is 8.22. The minimum absolute atomic E-state index is 0.385. The van der Waals surface area contributed by atoms with Gasteiger partial charge in [0.1, 0.15) is 6.07 Å². The summed E-state index contributed by atoms with van der Waals surface area (Å²) < 4.78 is 5.35. The maximum Gasteiger partial charge on any atom is 0.103 e. The first-order valence-electron chi connectivity index (χ1n) is 6.27. The van der Waals surface area contributed by atoms with E-state index >= 15 is 0 Å². The number of aromatic nitrogens is 2. The molecule has 0 aromatic carbocycles. The van der Waals surface area contributed by atoms with Gasteiger partial charge in [-0.05, 0) is 25.2 Å². The first kappa shape index (κ1) is 12.1. The number of nitrogens with one attached hydrogen (secondary N) is 1. The van der Waals surface area contributed by atoms with Crippen molar-refractivity contribution >= 4 is 0 Å². The van der Waals surface area contributed by atoms with Crippen LogP contribution in [0.15, 0.2) is 0 Å². The summed E-state index contributed by atoms with van der Waals surface area (Å²) in [5.74, 6) is 0.917. The Morgan fingerprint density at radius 2 is 2.18 bits per heavy atom. The average Bonchev–Trinajstić information content (AvgIpc) is 2.72. The van der Waals surface area contributed by atoms with Crippen LogP contribution in [0, 0.1) is 17.2 Å². The number of nitriles is 1. The monoisotopic (exact) mass is 233 g/mol. The molecule has 2 rings (SSSR count). The molecule has 0 atom stereocenters. The van der Waals surface area contributed by atoms with E-state index in [9.17, 15) is 5.26 Å². The number of aromatic amines is 1. The van der Waals surface area contributed by atoms with E-state index < -0.39 is 0 Å². The number of ether oxygens (including phenoxy) is 1.